The lowest BCUT2D eigenvalue weighted by atomic mass is 9.98. The molecule has 0 bridgehead atoms. The maximum atomic E-state index is 12.6. The van der Waals surface area contributed by atoms with Crippen LogP contribution in [0.5, 0.6) is 0 Å². The van der Waals surface area contributed by atoms with Gasteiger partial charge >= 0.3 is 0 Å². The van der Waals surface area contributed by atoms with E-state index in [1.807, 2.05) is 60.7 Å². The van der Waals surface area contributed by atoms with Crippen LogP contribution in [0.3, 0.4) is 0 Å². The number of nitrogens with one attached hydrogen (secondary N) is 2. The maximum Gasteiger partial charge on any atom is 0.253 e. The molecule has 0 aliphatic rings. The number of benzene rings is 2. The standard InChI is InChI=1S/C20H19N3O/c1-21-18-13-12-17(14-22-18)20(24)23-19(15-8-4-2-5-9-15)16-10-6-3-7-11-16/h2-14,19H,1H3,(H,21,22)(H,23,24). The molecule has 2 N–H and O–H groups in total. The van der Waals surface area contributed by atoms with Crippen LogP contribution in [-0.2, 0) is 0 Å². The van der Waals surface area contributed by atoms with Gasteiger partial charge in [-0.2, -0.15) is 0 Å². The summed E-state index contributed by atoms with van der Waals surface area (Å²) in [5.74, 6) is 0.581. The van der Waals surface area contributed by atoms with E-state index in [0.29, 0.717) is 5.56 Å². The minimum absolute atomic E-state index is 0.150. The van der Waals surface area contributed by atoms with Crippen LogP contribution in [0.4, 0.5) is 5.82 Å². The zero-order valence-corrected chi connectivity index (χ0v) is 13.4. The van der Waals surface area contributed by atoms with Crippen molar-refractivity contribution in [2.24, 2.45) is 0 Å². The average Bonchev–Trinajstić information content (AvgIpc) is 2.67. The van der Waals surface area contributed by atoms with Gasteiger partial charge in [0, 0.05) is 13.2 Å². The average molecular weight is 317 g/mol. The third-order valence-corrected chi connectivity index (χ3v) is 3.82. The largest absolute Gasteiger partial charge is 0.373 e. The van der Waals surface area contributed by atoms with Crippen molar-refractivity contribution < 1.29 is 4.79 Å². The van der Waals surface area contributed by atoms with Gasteiger partial charge in [-0.05, 0) is 23.3 Å². The fourth-order valence-corrected chi connectivity index (χ4v) is 2.54. The van der Waals surface area contributed by atoms with Crippen molar-refractivity contribution in [1.29, 1.82) is 0 Å². The molecule has 0 atom stereocenters. The molecular formula is C20H19N3O. The molecule has 1 heterocycles. The van der Waals surface area contributed by atoms with Gasteiger partial charge in [-0.1, -0.05) is 60.7 Å². The Kier molecular flexibility index (Phi) is 4.87. The van der Waals surface area contributed by atoms with Crippen LogP contribution in [0.2, 0.25) is 0 Å². The first kappa shape index (κ1) is 15.7. The van der Waals surface area contributed by atoms with Crippen LogP contribution in [0.25, 0.3) is 0 Å². The van der Waals surface area contributed by atoms with Crippen LogP contribution in [0.15, 0.2) is 79.0 Å². The minimum atomic E-state index is -0.205. The molecule has 2 aromatic carbocycles. The number of pyridine rings is 1. The highest BCUT2D eigenvalue weighted by Gasteiger charge is 2.17. The van der Waals surface area contributed by atoms with Crippen molar-refractivity contribution >= 4 is 11.7 Å². The Hall–Kier alpha value is -3.14. The van der Waals surface area contributed by atoms with Crippen LogP contribution in [0.1, 0.15) is 27.5 Å². The molecule has 0 saturated carbocycles. The number of hydrogen-bond donors (Lipinski definition) is 2. The van der Waals surface area contributed by atoms with Crippen molar-refractivity contribution in [3.8, 4) is 0 Å². The first-order valence-electron chi connectivity index (χ1n) is 7.82. The Morgan fingerprint density at radius 1 is 0.875 bits per heavy atom. The number of carbonyl (C=O) groups is 1. The van der Waals surface area contributed by atoms with Gasteiger partial charge in [-0.25, -0.2) is 4.98 Å². The van der Waals surface area contributed by atoms with Gasteiger partial charge in [-0.15, -0.1) is 0 Å². The molecule has 3 aromatic rings. The molecule has 0 unspecified atom stereocenters. The summed E-state index contributed by atoms with van der Waals surface area (Å²) in [5.41, 5.74) is 2.61. The van der Waals surface area contributed by atoms with Crippen LogP contribution >= 0.6 is 0 Å². The lowest BCUT2D eigenvalue weighted by Crippen LogP contribution is -2.29. The molecule has 3 rings (SSSR count). The first-order valence-corrected chi connectivity index (χ1v) is 7.82. The van der Waals surface area contributed by atoms with Gasteiger partial charge in [0.05, 0.1) is 11.6 Å². The van der Waals surface area contributed by atoms with Gasteiger partial charge in [0.1, 0.15) is 5.82 Å². The molecule has 0 aliphatic heterocycles. The number of anilines is 1. The highest BCUT2D eigenvalue weighted by Crippen LogP contribution is 2.22. The Labute approximate surface area is 141 Å². The van der Waals surface area contributed by atoms with E-state index < -0.39 is 0 Å². The van der Waals surface area contributed by atoms with Gasteiger partial charge in [0.15, 0.2) is 0 Å². The summed E-state index contributed by atoms with van der Waals surface area (Å²) in [6.07, 6.45) is 1.58. The smallest absolute Gasteiger partial charge is 0.253 e. The Bertz CT molecular complexity index is 747. The second-order valence-corrected chi connectivity index (χ2v) is 5.41. The summed E-state index contributed by atoms with van der Waals surface area (Å²) in [4.78, 5) is 16.8. The number of carbonyl (C=O) groups excluding carboxylic acids is 1. The summed E-state index contributed by atoms with van der Waals surface area (Å²) in [6, 6.07) is 23.2. The van der Waals surface area contributed by atoms with Gasteiger partial charge in [0.25, 0.3) is 5.91 Å². The lowest BCUT2D eigenvalue weighted by Gasteiger charge is -2.20. The van der Waals surface area contributed by atoms with Gasteiger partial charge in [0.2, 0.25) is 0 Å². The fraction of sp³-hybridized carbons (Fsp3) is 0.100. The van der Waals surface area contributed by atoms with E-state index in [1.54, 1.807) is 25.4 Å². The Morgan fingerprint density at radius 3 is 1.92 bits per heavy atom. The lowest BCUT2D eigenvalue weighted by molar-refractivity contribution is 0.0942. The molecule has 1 amide bonds. The van der Waals surface area contributed by atoms with E-state index in [4.69, 9.17) is 0 Å². The van der Waals surface area contributed by atoms with Crippen LogP contribution in [0, 0.1) is 0 Å². The predicted octanol–water partition coefficient (Wildman–Crippen LogP) is 3.64. The molecule has 4 nitrogen and oxygen atoms in total. The van der Waals surface area contributed by atoms with E-state index in [2.05, 4.69) is 15.6 Å². The van der Waals surface area contributed by atoms with E-state index in [0.717, 1.165) is 16.9 Å². The van der Waals surface area contributed by atoms with E-state index >= 15 is 0 Å². The topological polar surface area (TPSA) is 54.0 Å². The molecule has 120 valence electrons. The van der Waals surface area contributed by atoms with Crippen molar-refractivity contribution in [3.63, 3.8) is 0 Å². The second kappa shape index (κ2) is 7.42. The molecule has 0 aliphatic carbocycles. The van der Waals surface area contributed by atoms with Gasteiger partial charge in [-0.3, -0.25) is 4.79 Å². The number of rotatable bonds is 5. The molecule has 0 radical (unpaired) electrons. The zero-order valence-electron chi connectivity index (χ0n) is 13.4. The molecule has 0 spiro atoms. The highest BCUT2D eigenvalue weighted by atomic mass is 16.1. The molecule has 24 heavy (non-hydrogen) atoms. The molecule has 1 aromatic heterocycles. The number of nitrogens with zero attached hydrogens (tertiary/aromatic N) is 1. The predicted molar refractivity (Wildman–Crippen MR) is 96.0 cm³/mol. The summed E-state index contributed by atoms with van der Waals surface area (Å²) in [7, 11) is 1.79. The number of aromatic nitrogens is 1. The first-order chi connectivity index (χ1) is 11.8. The third-order valence-electron chi connectivity index (χ3n) is 3.82. The molecule has 0 fully saturated rings. The fourth-order valence-electron chi connectivity index (χ4n) is 2.54. The quantitative estimate of drug-likeness (QED) is 0.755. The van der Waals surface area contributed by atoms with Crippen molar-refractivity contribution in [1.82, 2.24) is 10.3 Å². The SMILES string of the molecule is CNc1ccc(C(=O)NC(c2ccccc2)c2ccccc2)cn1. The summed E-state index contributed by atoms with van der Waals surface area (Å²) < 4.78 is 0. The summed E-state index contributed by atoms with van der Waals surface area (Å²) in [5, 5.41) is 6.05. The van der Waals surface area contributed by atoms with Crippen molar-refractivity contribution in [2.75, 3.05) is 12.4 Å². The monoisotopic (exact) mass is 317 g/mol. The third kappa shape index (κ3) is 3.60. The molecule has 0 saturated heterocycles. The summed E-state index contributed by atoms with van der Waals surface area (Å²) >= 11 is 0. The summed E-state index contributed by atoms with van der Waals surface area (Å²) in [6.45, 7) is 0. The normalized spacial score (nSPS) is 10.4. The van der Waals surface area contributed by atoms with Crippen LogP contribution < -0.4 is 10.6 Å². The van der Waals surface area contributed by atoms with Crippen LogP contribution in [-0.4, -0.2) is 17.9 Å². The van der Waals surface area contributed by atoms with E-state index in [-0.39, 0.29) is 11.9 Å². The molecule has 4 heteroatoms. The highest BCUT2D eigenvalue weighted by molar-refractivity contribution is 5.94. The number of hydrogen-bond acceptors (Lipinski definition) is 3. The Balaban J connectivity index is 1.87. The van der Waals surface area contributed by atoms with E-state index in [9.17, 15) is 4.79 Å². The zero-order chi connectivity index (χ0) is 16.8. The van der Waals surface area contributed by atoms with E-state index in [1.165, 1.54) is 0 Å². The second-order valence-electron chi connectivity index (χ2n) is 5.41. The number of amides is 1. The minimum Gasteiger partial charge on any atom is -0.373 e. The Morgan fingerprint density at radius 2 is 1.46 bits per heavy atom. The van der Waals surface area contributed by atoms with Gasteiger partial charge < -0.3 is 10.6 Å². The van der Waals surface area contributed by atoms with Crippen molar-refractivity contribution in [3.05, 3.63) is 95.7 Å². The van der Waals surface area contributed by atoms with Crippen molar-refractivity contribution in [2.45, 2.75) is 6.04 Å². The molecular weight excluding hydrogens is 298 g/mol. The maximum absolute atomic E-state index is 12.6.